The van der Waals surface area contributed by atoms with E-state index in [1.807, 2.05) is 30.3 Å². The van der Waals surface area contributed by atoms with Crippen LogP contribution in [0.15, 0.2) is 48.8 Å². The molecule has 0 radical (unpaired) electrons. The zero-order valence-electron chi connectivity index (χ0n) is 16.7. The third kappa shape index (κ3) is 4.30. The van der Waals surface area contributed by atoms with Crippen molar-refractivity contribution in [3.8, 4) is 0 Å². The minimum absolute atomic E-state index is 0.133. The van der Waals surface area contributed by atoms with Crippen LogP contribution in [0.25, 0.3) is 0 Å². The normalized spacial score (nSPS) is 14.7. The van der Waals surface area contributed by atoms with E-state index in [4.69, 9.17) is 0 Å². The highest BCUT2D eigenvalue weighted by Crippen LogP contribution is 2.24. The van der Waals surface area contributed by atoms with Gasteiger partial charge in [-0.2, -0.15) is 0 Å². The maximum Gasteiger partial charge on any atom is 0.237 e. The summed E-state index contributed by atoms with van der Waals surface area (Å²) in [6.07, 6.45) is 3.43. The van der Waals surface area contributed by atoms with E-state index in [2.05, 4.69) is 14.9 Å². The smallest absolute Gasteiger partial charge is 0.237 e. The van der Waals surface area contributed by atoms with Gasteiger partial charge >= 0.3 is 0 Å². The molecule has 0 spiro atoms. The van der Waals surface area contributed by atoms with E-state index in [1.54, 1.807) is 49.2 Å². The van der Waals surface area contributed by atoms with Crippen LogP contribution in [0, 0.1) is 5.41 Å². The molecule has 1 aliphatic rings. The summed E-state index contributed by atoms with van der Waals surface area (Å²) in [5.41, 5.74) is -0.0624. The van der Waals surface area contributed by atoms with Crippen LogP contribution in [0.3, 0.4) is 0 Å². The zero-order valence-corrected chi connectivity index (χ0v) is 16.7. The van der Waals surface area contributed by atoms with E-state index < -0.39 is 5.41 Å². The van der Waals surface area contributed by atoms with Gasteiger partial charge in [-0.25, -0.2) is 9.97 Å². The predicted octanol–water partition coefficient (Wildman–Crippen LogP) is 1.81. The maximum atomic E-state index is 13.1. The van der Waals surface area contributed by atoms with Gasteiger partial charge in [-0.1, -0.05) is 30.3 Å². The molecule has 0 unspecified atom stereocenters. The first-order valence-corrected chi connectivity index (χ1v) is 9.50. The fourth-order valence-corrected chi connectivity index (χ4v) is 3.46. The molecular weight excluding hydrogens is 354 g/mol. The SMILES string of the molecule is CN(Cc1ccccc1)C(=O)C(C)(C)C(=O)N1CCN(c2ncccn2)CC1. The highest BCUT2D eigenvalue weighted by Gasteiger charge is 2.41. The Labute approximate surface area is 166 Å². The average molecular weight is 381 g/mol. The zero-order chi connectivity index (χ0) is 20.1. The van der Waals surface area contributed by atoms with Gasteiger partial charge < -0.3 is 14.7 Å². The fraction of sp³-hybridized carbons (Fsp3) is 0.429. The predicted molar refractivity (Wildman–Crippen MR) is 108 cm³/mol. The van der Waals surface area contributed by atoms with Gasteiger partial charge in [0.1, 0.15) is 5.41 Å². The molecular formula is C21H27N5O2. The van der Waals surface area contributed by atoms with Crippen molar-refractivity contribution in [2.24, 2.45) is 5.41 Å². The molecule has 2 aromatic rings. The van der Waals surface area contributed by atoms with Crippen LogP contribution in [0.5, 0.6) is 0 Å². The average Bonchev–Trinajstić information content (AvgIpc) is 2.74. The Kier molecular flexibility index (Phi) is 5.92. The first kappa shape index (κ1) is 19.8. The minimum Gasteiger partial charge on any atom is -0.341 e. The number of piperazine rings is 1. The van der Waals surface area contributed by atoms with Crippen molar-refractivity contribution in [2.45, 2.75) is 20.4 Å². The number of carbonyl (C=O) groups is 2. The van der Waals surface area contributed by atoms with Gasteiger partial charge in [0.2, 0.25) is 17.8 Å². The number of carbonyl (C=O) groups excluding carboxylic acids is 2. The second-order valence-electron chi connectivity index (χ2n) is 7.60. The Bertz CT molecular complexity index is 802. The van der Waals surface area contributed by atoms with Gasteiger partial charge in [0.25, 0.3) is 0 Å². The minimum atomic E-state index is -1.10. The van der Waals surface area contributed by atoms with E-state index in [-0.39, 0.29) is 11.8 Å². The molecule has 28 heavy (non-hydrogen) atoms. The van der Waals surface area contributed by atoms with Gasteiger partial charge in [0, 0.05) is 52.2 Å². The van der Waals surface area contributed by atoms with E-state index in [0.717, 1.165) is 5.56 Å². The molecule has 148 valence electrons. The number of anilines is 1. The molecule has 7 nitrogen and oxygen atoms in total. The second-order valence-corrected chi connectivity index (χ2v) is 7.60. The molecule has 7 heteroatoms. The maximum absolute atomic E-state index is 13.1. The van der Waals surface area contributed by atoms with Crippen molar-refractivity contribution in [2.75, 3.05) is 38.1 Å². The van der Waals surface area contributed by atoms with Crippen molar-refractivity contribution in [3.63, 3.8) is 0 Å². The third-order valence-corrected chi connectivity index (χ3v) is 5.08. The lowest BCUT2D eigenvalue weighted by molar-refractivity contribution is -0.153. The van der Waals surface area contributed by atoms with Crippen molar-refractivity contribution in [1.29, 1.82) is 0 Å². The van der Waals surface area contributed by atoms with Crippen LogP contribution in [0.2, 0.25) is 0 Å². The van der Waals surface area contributed by atoms with Gasteiger partial charge in [-0.05, 0) is 25.5 Å². The lowest BCUT2D eigenvalue weighted by atomic mass is 9.89. The lowest BCUT2D eigenvalue weighted by Gasteiger charge is -2.39. The molecule has 0 atom stereocenters. The van der Waals surface area contributed by atoms with Gasteiger partial charge in [0.15, 0.2) is 0 Å². The summed E-state index contributed by atoms with van der Waals surface area (Å²) in [6, 6.07) is 11.6. The first-order chi connectivity index (χ1) is 13.4. The molecule has 0 aliphatic carbocycles. The van der Waals surface area contributed by atoms with E-state index in [1.165, 1.54) is 0 Å². The van der Waals surface area contributed by atoms with Crippen LogP contribution in [0.1, 0.15) is 19.4 Å². The van der Waals surface area contributed by atoms with Crippen LogP contribution < -0.4 is 4.90 Å². The highest BCUT2D eigenvalue weighted by molar-refractivity contribution is 6.04. The monoisotopic (exact) mass is 381 g/mol. The number of benzene rings is 1. The van der Waals surface area contributed by atoms with Crippen molar-refractivity contribution >= 4 is 17.8 Å². The van der Waals surface area contributed by atoms with Crippen molar-refractivity contribution in [3.05, 3.63) is 54.4 Å². The summed E-state index contributed by atoms with van der Waals surface area (Å²) >= 11 is 0. The van der Waals surface area contributed by atoms with E-state index in [9.17, 15) is 9.59 Å². The second kappa shape index (κ2) is 8.37. The van der Waals surface area contributed by atoms with Gasteiger partial charge in [0.05, 0.1) is 0 Å². The molecule has 2 amide bonds. The third-order valence-electron chi connectivity index (χ3n) is 5.08. The number of hydrogen-bond acceptors (Lipinski definition) is 5. The molecule has 3 rings (SSSR count). The van der Waals surface area contributed by atoms with Crippen LogP contribution in [0.4, 0.5) is 5.95 Å². The van der Waals surface area contributed by atoms with Crippen LogP contribution >= 0.6 is 0 Å². The standard InChI is InChI=1S/C21H27N5O2/c1-21(2,18(27)24(3)16-17-8-5-4-6-9-17)19(28)25-12-14-26(15-13-25)20-22-10-7-11-23-20/h4-11H,12-16H2,1-3H3. The highest BCUT2D eigenvalue weighted by atomic mass is 16.2. The van der Waals surface area contributed by atoms with Crippen molar-refractivity contribution in [1.82, 2.24) is 19.8 Å². The molecule has 0 N–H and O–H groups in total. The number of rotatable bonds is 5. The molecule has 0 bridgehead atoms. The quantitative estimate of drug-likeness (QED) is 0.739. The van der Waals surface area contributed by atoms with Crippen LogP contribution in [-0.4, -0.2) is 64.8 Å². The molecule has 2 heterocycles. The molecule has 1 aliphatic heterocycles. The Morgan fingerprint density at radius 1 is 1.00 bits per heavy atom. The molecule has 1 saturated heterocycles. The topological polar surface area (TPSA) is 69.6 Å². The molecule has 1 fully saturated rings. The summed E-state index contributed by atoms with van der Waals surface area (Å²) in [5, 5.41) is 0. The summed E-state index contributed by atoms with van der Waals surface area (Å²) in [6.45, 7) is 6.32. The molecule has 1 aromatic heterocycles. The Morgan fingerprint density at radius 2 is 1.61 bits per heavy atom. The summed E-state index contributed by atoms with van der Waals surface area (Å²) in [4.78, 5) is 40.1. The fourth-order valence-electron chi connectivity index (χ4n) is 3.46. The van der Waals surface area contributed by atoms with E-state index >= 15 is 0 Å². The number of hydrogen-bond donors (Lipinski definition) is 0. The van der Waals surface area contributed by atoms with Crippen LogP contribution in [-0.2, 0) is 16.1 Å². The first-order valence-electron chi connectivity index (χ1n) is 9.50. The number of nitrogens with zero attached hydrogens (tertiary/aromatic N) is 5. The lowest BCUT2D eigenvalue weighted by Crippen LogP contribution is -2.55. The van der Waals surface area contributed by atoms with Gasteiger partial charge in [-0.15, -0.1) is 0 Å². The van der Waals surface area contributed by atoms with Crippen molar-refractivity contribution < 1.29 is 9.59 Å². The summed E-state index contributed by atoms with van der Waals surface area (Å²) < 4.78 is 0. The summed E-state index contributed by atoms with van der Waals surface area (Å²) in [5.74, 6) is 0.369. The Balaban J connectivity index is 1.60. The number of aromatic nitrogens is 2. The molecule has 0 saturated carbocycles. The Morgan fingerprint density at radius 3 is 2.21 bits per heavy atom. The largest absolute Gasteiger partial charge is 0.341 e. The molecule has 1 aromatic carbocycles. The summed E-state index contributed by atoms with van der Waals surface area (Å²) in [7, 11) is 1.75. The Hall–Kier alpha value is -2.96. The number of amides is 2. The van der Waals surface area contributed by atoms with Gasteiger partial charge in [-0.3, -0.25) is 9.59 Å². The van der Waals surface area contributed by atoms with E-state index in [0.29, 0.717) is 38.7 Å².